The molecule has 0 aromatic carbocycles. The first-order valence-electron chi connectivity index (χ1n) is 11.0. The Bertz CT molecular complexity index is 1370. The summed E-state index contributed by atoms with van der Waals surface area (Å²) in [5, 5.41) is 7.11. The predicted molar refractivity (Wildman–Crippen MR) is 131 cm³/mol. The fourth-order valence-electron chi connectivity index (χ4n) is 5.51. The summed E-state index contributed by atoms with van der Waals surface area (Å²) in [6.07, 6.45) is 3.98. The maximum atomic E-state index is 14.0. The zero-order valence-corrected chi connectivity index (χ0v) is 20.9. The molecule has 2 aliphatic carbocycles. The molecule has 1 aliphatic heterocycles. The van der Waals surface area contributed by atoms with Gasteiger partial charge in [-0.1, -0.05) is 24.9 Å². The van der Waals surface area contributed by atoms with Gasteiger partial charge in [-0.3, -0.25) is 9.78 Å². The number of anilines is 1. The number of pyridine rings is 1. The lowest BCUT2D eigenvalue weighted by atomic mass is 9.64. The molecule has 1 N–H and O–H groups in total. The van der Waals surface area contributed by atoms with Gasteiger partial charge in [-0.05, 0) is 29.3 Å². The number of carbonyl (C=O) groups excluding carboxylic acids is 1. The molecule has 3 aliphatic rings. The summed E-state index contributed by atoms with van der Waals surface area (Å²) in [6, 6.07) is 2.78. The van der Waals surface area contributed by atoms with Crippen LogP contribution in [-0.4, -0.2) is 39.9 Å². The predicted octanol–water partition coefficient (Wildman–Crippen LogP) is 5.14. The highest BCUT2D eigenvalue weighted by atomic mass is 127. The van der Waals surface area contributed by atoms with E-state index in [1.807, 2.05) is 0 Å². The van der Waals surface area contributed by atoms with Crippen molar-refractivity contribution in [2.75, 3.05) is 5.32 Å². The Morgan fingerprint density at radius 3 is 2.68 bits per heavy atom. The van der Waals surface area contributed by atoms with Crippen molar-refractivity contribution in [3.05, 3.63) is 52.4 Å². The monoisotopic (exact) mass is 601 g/mol. The van der Waals surface area contributed by atoms with Crippen molar-refractivity contribution in [3.63, 3.8) is 0 Å². The lowest BCUT2D eigenvalue weighted by molar-refractivity contribution is -0.121. The Kier molecular flexibility index (Phi) is 5.08. The van der Waals surface area contributed by atoms with Crippen LogP contribution in [0.25, 0.3) is 5.65 Å². The number of halogens is 5. The van der Waals surface area contributed by atoms with Gasteiger partial charge >= 0.3 is 0 Å². The maximum Gasteiger partial charge on any atom is 0.246 e. The first-order valence-corrected chi connectivity index (χ1v) is 13.9. The molecule has 4 heterocycles. The van der Waals surface area contributed by atoms with E-state index in [1.165, 1.54) is 25.3 Å². The van der Waals surface area contributed by atoms with Crippen LogP contribution in [0.1, 0.15) is 55.5 Å². The van der Waals surface area contributed by atoms with Crippen LogP contribution in [0.2, 0.25) is 5.02 Å². The lowest BCUT2D eigenvalue weighted by Crippen LogP contribution is -2.46. The summed E-state index contributed by atoms with van der Waals surface area (Å²) in [4.78, 5) is 22.5. The fraction of sp³-hybridized carbons (Fsp3) is 0.435. The van der Waals surface area contributed by atoms with Crippen molar-refractivity contribution >= 4 is 53.6 Å². The lowest BCUT2D eigenvalue weighted by Gasteiger charge is -2.40. The topological polar surface area (TPSA) is 72.2 Å². The Labute approximate surface area is 208 Å². The van der Waals surface area contributed by atoms with Crippen molar-refractivity contribution in [2.24, 2.45) is 0 Å². The summed E-state index contributed by atoms with van der Waals surface area (Å²) in [6.45, 7) is 1.36. The molecular formula is C23H20ClF3IN5O. The standard InChI is InChI=1S/C23H20ClF3IN5O/c1-11(20(26)27)18-14(24)5-12(8-30-18)31-21(34)23(15-7-28-15)10-22(3-2-4-22)19-13(23)9-29-17-6-16(25)32-33(17)19/h5-9,11,15,20H,2-4,10H2,1H3,(H,31,34)/t11?,15?,23-/m0/s1. The number of hydrogen-bond acceptors (Lipinski definition) is 4. The van der Waals surface area contributed by atoms with Gasteiger partial charge in [-0.15, -0.1) is 25.8 Å². The van der Waals surface area contributed by atoms with Gasteiger partial charge in [0.25, 0.3) is 0 Å². The van der Waals surface area contributed by atoms with E-state index in [0.717, 1.165) is 30.5 Å². The highest BCUT2D eigenvalue weighted by Gasteiger charge is 2.63. The minimum atomic E-state index is -2.59. The summed E-state index contributed by atoms with van der Waals surface area (Å²) in [7, 11) is 0. The molecule has 6 rings (SSSR count). The van der Waals surface area contributed by atoms with Crippen LogP contribution in [0, 0.1) is 5.95 Å². The molecule has 1 spiro atoms. The second-order valence-electron chi connectivity index (χ2n) is 9.36. The van der Waals surface area contributed by atoms with Gasteiger partial charge in [0.1, 0.15) is 0 Å². The van der Waals surface area contributed by atoms with Gasteiger partial charge in [0, 0.05) is 27.2 Å². The molecular weight excluding hydrogens is 582 g/mol. The molecule has 0 radical (unpaired) electrons. The Morgan fingerprint density at radius 2 is 2.06 bits per heavy atom. The average Bonchev–Trinajstić information content (AvgIpc) is 3.46. The number of alkyl halides is 3. The summed E-state index contributed by atoms with van der Waals surface area (Å²) in [5.41, 5.74) is 1.52. The van der Waals surface area contributed by atoms with E-state index in [2.05, 4.69) is 24.4 Å². The van der Waals surface area contributed by atoms with Gasteiger partial charge < -0.3 is 5.32 Å². The highest BCUT2D eigenvalue weighted by Crippen LogP contribution is 2.63. The van der Waals surface area contributed by atoms with Gasteiger partial charge in [0.05, 0.1) is 39.6 Å². The zero-order valence-electron chi connectivity index (χ0n) is 18.0. The van der Waals surface area contributed by atoms with E-state index in [-0.39, 0.29) is 46.7 Å². The molecule has 0 saturated heterocycles. The van der Waals surface area contributed by atoms with Crippen molar-refractivity contribution < 1.29 is 18.0 Å². The molecule has 34 heavy (non-hydrogen) atoms. The van der Waals surface area contributed by atoms with E-state index in [9.17, 15) is 18.0 Å². The largest absolute Gasteiger partial charge is 0.324 e. The van der Waals surface area contributed by atoms with Crippen LogP contribution in [0.5, 0.6) is 0 Å². The Hall–Kier alpha value is -2.08. The van der Waals surface area contributed by atoms with Crippen molar-refractivity contribution in [1.82, 2.24) is 19.6 Å². The zero-order chi connectivity index (χ0) is 23.8. The molecule has 1 amide bonds. The second-order valence-corrected chi connectivity index (χ2v) is 12.5. The molecule has 1 fully saturated rings. The summed E-state index contributed by atoms with van der Waals surface area (Å²) < 4.78 is 44.2. The van der Waals surface area contributed by atoms with Crippen LogP contribution < -0.4 is 5.32 Å². The van der Waals surface area contributed by atoms with E-state index < -0.39 is 23.7 Å². The smallest absolute Gasteiger partial charge is 0.246 e. The number of carbonyl (C=O) groups is 1. The number of aromatic nitrogens is 4. The molecule has 1 saturated carbocycles. The number of nitrogens with zero attached hydrogens (tertiary/aromatic N) is 4. The third-order valence-corrected chi connectivity index (χ3v) is 10.2. The number of amides is 1. The number of rotatable bonds is 5. The van der Waals surface area contributed by atoms with Gasteiger partial charge in [0.15, 0.2) is 5.65 Å². The molecule has 3 atom stereocenters. The minimum absolute atomic E-state index is 0.0859. The second kappa shape index (κ2) is 7.71. The SMILES string of the molecule is CC(c1ncc(NC(=O)[C@@]2(C3C=I3)CC3(CCC3)c3c2cnc2cc(F)nn32)cc1Cl)C(F)F. The highest BCUT2D eigenvalue weighted by molar-refractivity contribution is 14.2. The van der Waals surface area contributed by atoms with E-state index >= 15 is 0 Å². The average molecular weight is 602 g/mol. The van der Waals surface area contributed by atoms with Crippen LogP contribution in [0.3, 0.4) is 0 Å². The van der Waals surface area contributed by atoms with E-state index in [4.69, 9.17) is 11.6 Å². The van der Waals surface area contributed by atoms with Gasteiger partial charge in [0.2, 0.25) is 18.3 Å². The molecule has 0 bridgehead atoms. The summed E-state index contributed by atoms with van der Waals surface area (Å²) in [5.74, 6) is -1.91. The van der Waals surface area contributed by atoms with Crippen molar-refractivity contribution in [1.29, 1.82) is 0 Å². The van der Waals surface area contributed by atoms with Crippen molar-refractivity contribution in [3.8, 4) is 0 Å². The Balaban J connectivity index is 1.41. The van der Waals surface area contributed by atoms with Crippen LogP contribution in [-0.2, 0) is 15.6 Å². The maximum absolute atomic E-state index is 14.0. The number of hydrogen-bond donors (Lipinski definition) is 1. The quantitative estimate of drug-likeness (QED) is 0.325. The first-order chi connectivity index (χ1) is 16.2. The van der Waals surface area contributed by atoms with Crippen LogP contribution >= 0.6 is 32.3 Å². The minimum Gasteiger partial charge on any atom is -0.324 e. The number of nitrogens with one attached hydrogen (secondary N) is 1. The fourth-order valence-corrected chi connectivity index (χ4v) is 8.12. The Morgan fingerprint density at radius 1 is 1.29 bits per heavy atom. The van der Waals surface area contributed by atoms with Gasteiger partial charge in [-0.2, -0.15) is 4.39 Å². The third-order valence-electron chi connectivity index (χ3n) is 7.43. The number of fused-ring (bicyclic) bond motifs is 4. The van der Waals surface area contributed by atoms with Crippen molar-refractivity contribution in [2.45, 2.75) is 59.7 Å². The molecule has 2 unspecified atom stereocenters. The first kappa shape index (κ1) is 22.4. The van der Waals surface area contributed by atoms with E-state index in [1.54, 1.807) is 10.7 Å². The molecule has 6 nitrogen and oxygen atoms in total. The van der Waals surface area contributed by atoms with Gasteiger partial charge in [-0.25, -0.2) is 18.3 Å². The summed E-state index contributed by atoms with van der Waals surface area (Å²) >= 11 is 5.98. The molecule has 3 aromatic heterocycles. The molecule has 178 valence electrons. The normalized spacial score (nSPS) is 25.2. The van der Waals surface area contributed by atoms with Crippen LogP contribution in [0.4, 0.5) is 18.9 Å². The third kappa shape index (κ3) is 3.16. The van der Waals surface area contributed by atoms with Crippen LogP contribution in [0.15, 0.2) is 24.5 Å². The molecule has 3 aromatic rings. The van der Waals surface area contributed by atoms with E-state index in [0.29, 0.717) is 17.8 Å². The molecule has 11 heteroatoms.